The Balaban J connectivity index is 1.51. The molecule has 2 N–H and O–H groups in total. The minimum absolute atomic E-state index is 0.0756. The smallest absolute Gasteiger partial charge is 0.224 e. The number of carbonyl (C=O) groups excluding carboxylic acids is 1. The number of ether oxygens (including phenoxy) is 1. The predicted octanol–water partition coefficient (Wildman–Crippen LogP) is 7.18. The highest BCUT2D eigenvalue weighted by Crippen LogP contribution is 2.45. The maximum absolute atomic E-state index is 12.1. The molecule has 8 heteroatoms. The van der Waals surface area contributed by atoms with Gasteiger partial charge < -0.3 is 24.8 Å². The molecule has 2 atom stereocenters. The summed E-state index contributed by atoms with van der Waals surface area (Å²) in [4.78, 5) is 19.0. The van der Waals surface area contributed by atoms with E-state index in [9.17, 15) is 4.79 Å². The molecule has 1 saturated heterocycles. The fourth-order valence-electron chi connectivity index (χ4n) is 5.98. The summed E-state index contributed by atoms with van der Waals surface area (Å²) >= 11 is 5.99. The molecule has 0 saturated carbocycles. The molecule has 0 aliphatic carbocycles. The first kappa shape index (κ1) is 27.5. The summed E-state index contributed by atoms with van der Waals surface area (Å²) in [5.74, 6) is 0.492. The highest BCUT2D eigenvalue weighted by Gasteiger charge is 2.42. The lowest BCUT2D eigenvalue weighted by atomic mass is 9.96. The largest absolute Gasteiger partial charge is 0.494 e. The normalized spacial score (nSPS) is 16.5. The monoisotopic (exact) mass is 575 g/mol. The van der Waals surface area contributed by atoms with Gasteiger partial charge in [-0.15, -0.1) is 0 Å². The van der Waals surface area contributed by atoms with Crippen LogP contribution in [0.1, 0.15) is 48.1 Å². The number of amides is 1. The number of rotatable bonds is 7. The van der Waals surface area contributed by atoms with Crippen molar-refractivity contribution in [2.75, 3.05) is 17.3 Å². The topological polar surface area (TPSA) is 71.4 Å². The molecule has 7 nitrogen and oxygen atoms in total. The zero-order valence-electron chi connectivity index (χ0n) is 24.1. The first-order valence-corrected chi connectivity index (χ1v) is 14.5. The Morgan fingerprint density at radius 2 is 1.81 bits per heavy atom. The predicted molar refractivity (Wildman–Crippen MR) is 173 cm³/mol. The molecule has 1 aliphatic heterocycles. The van der Waals surface area contributed by atoms with Gasteiger partial charge >= 0.3 is 0 Å². The minimum Gasteiger partial charge on any atom is -0.494 e. The van der Waals surface area contributed by atoms with Crippen molar-refractivity contribution in [2.45, 2.75) is 39.3 Å². The Morgan fingerprint density at radius 1 is 1.02 bits per heavy atom. The van der Waals surface area contributed by atoms with Crippen LogP contribution < -0.4 is 20.3 Å². The van der Waals surface area contributed by atoms with Crippen molar-refractivity contribution in [3.8, 4) is 11.4 Å². The Labute approximate surface area is 251 Å². The molecule has 212 valence electrons. The van der Waals surface area contributed by atoms with Gasteiger partial charge in [0.2, 0.25) is 5.91 Å². The molecule has 0 spiro atoms. The summed E-state index contributed by atoms with van der Waals surface area (Å²) in [6.07, 6.45) is 2.19. The van der Waals surface area contributed by atoms with Crippen molar-refractivity contribution < 1.29 is 9.53 Å². The fourth-order valence-corrected chi connectivity index (χ4v) is 6.33. The highest BCUT2D eigenvalue weighted by molar-refractivity contribution is 7.80. The van der Waals surface area contributed by atoms with Crippen LogP contribution >= 0.6 is 12.2 Å². The van der Waals surface area contributed by atoms with Crippen LogP contribution in [-0.2, 0) is 4.79 Å². The zero-order chi connectivity index (χ0) is 29.4. The number of nitrogens with zero attached hydrogens (tertiary/aromatic N) is 3. The summed E-state index contributed by atoms with van der Waals surface area (Å²) in [6.45, 7) is 6.14. The van der Waals surface area contributed by atoms with Crippen LogP contribution in [0.15, 0.2) is 91.1 Å². The van der Waals surface area contributed by atoms with Crippen LogP contribution in [0.4, 0.5) is 11.4 Å². The Morgan fingerprint density at radius 3 is 2.57 bits per heavy atom. The number of pyridine rings is 1. The number of benzene rings is 3. The number of fused-ring (bicyclic) bond motifs is 1. The van der Waals surface area contributed by atoms with Crippen LogP contribution in [-0.4, -0.2) is 27.7 Å². The van der Waals surface area contributed by atoms with Crippen molar-refractivity contribution in [1.29, 1.82) is 0 Å². The first-order chi connectivity index (χ1) is 20.4. The molecule has 5 aromatic rings. The van der Waals surface area contributed by atoms with Crippen molar-refractivity contribution in [1.82, 2.24) is 14.9 Å². The minimum atomic E-state index is -0.192. The average molecular weight is 576 g/mol. The number of anilines is 2. The second-order valence-electron chi connectivity index (χ2n) is 10.4. The number of aromatic nitrogens is 2. The molecule has 3 heterocycles. The SMILES string of the molecule is CCC(=O)Nc1ccc(N2C(=S)N[C@@H](c3ccccn3)[C@H]2c2cc(C)n(-c3cccc4ccccc34)c2C)cc1OC. The van der Waals surface area contributed by atoms with E-state index in [-0.39, 0.29) is 18.0 Å². The van der Waals surface area contributed by atoms with Crippen molar-refractivity contribution in [3.63, 3.8) is 0 Å². The van der Waals surface area contributed by atoms with E-state index in [4.69, 9.17) is 21.9 Å². The van der Waals surface area contributed by atoms with Crippen LogP contribution in [0.25, 0.3) is 16.5 Å². The van der Waals surface area contributed by atoms with Crippen molar-refractivity contribution in [2.24, 2.45) is 0 Å². The van der Waals surface area contributed by atoms with Gasteiger partial charge in [0.25, 0.3) is 0 Å². The summed E-state index contributed by atoms with van der Waals surface area (Å²) in [5.41, 5.74) is 6.93. The van der Waals surface area contributed by atoms with E-state index < -0.39 is 0 Å². The van der Waals surface area contributed by atoms with E-state index in [1.54, 1.807) is 7.11 Å². The van der Waals surface area contributed by atoms with E-state index in [1.165, 1.54) is 10.8 Å². The fraction of sp³-hybridized carbons (Fsp3) is 0.206. The average Bonchev–Trinajstić information content (AvgIpc) is 3.51. The van der Waals surface area contributed by atoms with Crippen molar-refractivity contribution in [3.05, 3.63) is 114 Å². The van der Waals surface area contributed by atoms with Gasteiger partial charge in [-0.3, -0.25) is 9.78 Å². The number of methoxy groups -OCH3 is 1. The molecule has 42 heavy (non-hydrogen) atoms. The number of nitrogens with one attached hydrogen (secondary N) is 2. The standard InChI is InChI=1S/C34H33N5O2S/c1-5-31(40)36-27-17-16-24(20-30(27)41-4)39-33(32(37-34(39)42)28-14-8-9-18-35-28)26-19-21(2)38(22(26)3)29-15-10-12-23-11-6-7-13-25(23)29/h6-20,32-33H,5H2,1-4H3,(H,36,40)(H,37,42)/t32-,33+/m0/s1. The zero-order valence-corrected chi connectivity index (χ0v) is 24.9. The highest BCUT2D eigenvalue weighted by atomic mass is 32.1. The van der Waals surface area contributed by atoms with Gasteiger partial charge in [0.05, 0.1) is 36.3 Å². The molecule has 1 aliphatic rings. The van der Waals surface area contributed by atoms with Gasteiger partial charge in [-0.1, -0.05) is 49.4 Å². The molecular formula is C34H33N5O2S. The van der Waals surface area contributed by atoms with Gasteiger partial charge in [0.15, 0.2) is 5.11 Å². The lowest BCUT2D eigenvalue weighted by Gasteiger charge is -2.29. The summed E-state index contributed by atoms with van der Waals surface area (Å²) in [7, 11) is 1.60. The molecule has 0 unspecified atom stereocenters. The first-order valence-electron chi connectivity index (χ1n) is 14.1. The third-order valence-corrected chi connectivity index (χ3v) is 8.27. The molecule has 1 fully saturated rings. The van der Waals surface area contributed by atoms with Gasteiger partial charge in [-0.25, -0.2) is 0 Å². The number of hydrogen-bond acceptors (Lipinski definition) is 4. The summed E-state index contributed by atoms with van der Waals surface area (Å²) < 4.78 is 8.03. The quantitative estimate of drug-likeness (QED) is 0.200. The van der Waals surface area contributed by atoms with Gasteiger partial charge in [-0.2, -0.15) is 0 Å². The van der Waals surface area contributed by atoms with Crippen LogP contribution in [0, 0.1) is 13.8 Å². The molecular weight excluding hydrogens is 542 g/mol. The second-order valence-corrected chi connectivity index (χ2v) is 10.8. The van der Waals surface area contributed by atoms with E-state index in [0.717, 1.165) is 34.0 Å². The molecule has 3 aromatic carbocycles. The number of carbonyl (C=O) groups is 1. The van der Waals surface area contributed by atoms with Crippen LogP contribution in [0.3, 0.4) is 0 Å². The van der Waals surface area contributed by atoms with E-state index >= 15 is 0 Å². The molecule has 2 aromatic heterocycles. The molecule has 6 rings (SSSR count). The van der Waals surface area contributed by atoms with Crippen LogP contribution in [0.5, 0.6) is 5.75 Å². The summed E-state index contributed by atoms with van der Waals surface area (Å²) in [5, 5.41) is 9.48. The van der Waals surface area contributed by atoms with E-state index in [1.807, 2.05) is 49.5 Å². The van der Waals surface area contributed by atoms with Crippen LogP contribution in [0.2, 0.25) is 0 Å². The third kappa shape index (κ3) is 4.77. The lowest BCUT2D eigenvalue weighted by Crippen LogP contribution is -2.29. The Hall–Kier alpha value is -4.69. The number of aryl methyl sites for hydroxylation is 1. The molecule has 0 radical (unpaired) electrons. The number of thiocarbonyl (C=S) groups is 1. The maximum Gasteiger partial charge on any atom is 0.224 e. The van der Waals surface area contributed by atoms with Gasteiger partial charge in [0, 0.05) is 41.1 Å². The maximum atomic E-state index is 12.1. The Kier molecular flexibility index (Phi) is 7.39. The second kappa shape index (κ2) is 11.3. The molecule has 1 amide bonds. The molecule has 0 bridgehead atoms. The van der Waals surface area contributed by atoms with E-state index in [0.29, 0.717) is 23.0 Å². The Bertz CT molecular complexity index is 1790. The third-order valence-electron chi connectivity index (χ3n) is 7.95. The van der Waals surface area contributed by atoms with E-state index in [2.05, 4.69) is 82.5 Å². The van der Waals surface area contributed by atoms with Crippen molar-refractivity contribution >= 4 is 45.4 Å². The number of hydrogen-bond donors (Lipinski definition) is 2. The lowest BCUT2D eigenvalue weighted by molar-refractivity contribution is -0.115. The van der Waals surface area contributed by atoms with Gasteiger partial charge in [-0.05, 0) is 73.4 Å². The summed E-state index contributed by atoms with van der Waals surface area (Å²) in [6, 6.07) is 28.5. The van der Waals surface area contributed by atoms with Gasteiger partial charge in [0.1, 0.15) is 5.75 Å².